The highest BCUT2D eigenvalue weighted by Crippen LogP contribution is 2.32. The summed E-state index contributed by atoms with van der Waals surface area (Å²) in [6, 6.07) is 2.61. The monoisotopic (exact) mass is 317 g/mol. The predicted molar refractivity (Wildman–Crippen MR) is 71.5 cm³/mol. The number of aromatic nitrogens is 3. The zero-order valence-corrected chi connectivity index (χ0v) is 12.0. The number of aryl methyl sites for hydroxylation is 1. The first-order valence-electron chi connectivity index (χ1n) is 6.61. The fourth-order valence-corrected chi connectivity index (χ4v) is 1.94. The van der Waals surface area contributed by atoms with Gasteiger partial charge in [0.05, 0.1) is 18.4 Å². The first-order chi connectivity index (χ1) is 10.1. The van der Waals surface area contributed by atoms with Crippen LogP contribution in [0.4, 0.5) is 17.6 Å². The van der Waals surface area contributed by atoms with Crippen LogP contribution < -0.4 is 0 Å². The fourth-order valence-electron chi connectivity index (χ4n) is 1.94. The maximum atomic E-state index is 12.9. The maximum Gasteiger partial charge on any atom is 0.418 e. The van der Waals surface area contributed by atoms with Crippen molar-refractivity contribution >= 4 is 0 Å². The highest BCUT2D eigenvalue weighted by molar-refractivity contribution is 5.58. The molecule has 0 saturated carbocycles. The van der Waals surface area contributed by atoms with Crippen molar-refractivity contribution in [3.63, 3.8) is 0 Å². The van der Waals surface area contributed by atoms with Crippen molar-refractivity contribution in [2.45, 2.75) is 38.6 Å². The summed E-state index contributed by atoms with van der Waals surface area (Å²) < 4.78 is 52.1. The molecule has 120 valence electrons. The highest BCUT2D eigenvalue weighted by Gasteiger charge is 2.50. The third kappa shape index (κ3) is 3.27. The summed E-state index contributed by atoms with van der Waals surface area (Å²) in [5, 5.41) is 13.6. The van der Waals surface area contributed by atoms with Crippen LogP contribution in [0.1, 0.15) is 19.4 Å². The summed E-state index contributed by atoms with van der Waals surface area (Å²) in [7, 11) is 0. The Labute approximate surface area is 124 Å². The van der Waals surface area contributed by atoms with E-state index in [0.717, 1.165) is 10.9 Å². The van der Waals surface area contributed by atoms with Crippen molar-refractivity contribution in [3.8, 4) is 11.4 Å². The van der Waals surface area contributed by atoms with Gasteiger partial charge < -0.3 is 5.11 Å². The lowest BCUT2D eigenvalue weighted by atomic mass is 10.1. The average Bonchev–Trinajstić information content (AvgIpc) is 2.80. The molecule has 2 aromatic heterocycles. The molecular weight excluding hydrogens is 302 g/mol. The van der Waals surface area contributed by atoms with Crippen LogP contribution in [0.3, 0.4) is 0 Å². The Morgan fingerprint density at radius 3 is 2.45 bits per heavy atom. The number of hydrogen-bond acceptors (Lipinski definition) is 3. The van der Waals surface area contributed by atoms with E-state index < -0.39 is 24.1 Å². The minimum atomic E-state index is -4.76. The lowest BCUT2D eigenvalue weighted by molar-refractivity contribution is -0.258. The van der Waals surface area contributed by atoms with E-state index in [9.17, 15) is 22.7 Å². The number of nitrogens with zero attached hydrogens (tertiary/aromatic N) is 3. The van der Waals surface area contributed by atoms with Crippen LogP contribution in [-0.4, -0.2) is 31.6 Å². The molecule has 0 aliphatic rings. The SMILES string of the molecule is CCc1cn(CC(C)(O)C(F)(F)F)nc1-c1ccc(F)cn1. The number of aliphatic hydroxyl groups is 1. The van der Waals surface area contributed by atoms with E-state index in [1.807, 2.05) is 6.92 Å². The zero-order chi connectivity index (χ0) is 16.5. The molecule has 0 aromatic carbocycles. The van der Waals surface area contributed by atoms with Crippen LogP contribution in [0.2, 0.25) is 0 Å². The molecule has 0 saturated heterocycles. The van der Waals surface area contributed by atoms with Gasteiger partial charge in [0.2, 0.25) is 0 Å². The summed E-state index contributed by atoms with van der Waals surface area (Å²) in [6.45, 7) is 1.77. The van der Waals surface area contributed by atoms with Crippen LogP contribution in [0.5, 0.6) is 0 Å². The van der Waals surface area contributed by atoms with Crippen molar-refractivity contribution < 1.29 is 22.7 Å². The summed E-state index contributed by atoms with van der Waals surface area (Å²) in [4.78, 5) is 3.88. The smallest absolute Gasteiger partial charge is 0.379 e. The summed E-state index contributed by atoms with van der Waals surface area (Å²) in [5.74, 6) is -0.513. The number of hydrogen-bond donors (Lipinski definition) is 1. The fraction of sp³-hybridized carbons (Fsp3) is 0.429. The molecule has 2 aromatic rings. The van der Waals surface area contributed by atoms with Gasteiger partial charge in [0.1, 0.15) is 11.5 Å². The van der Waals surface area contributed by atoms with Gasteiger partial charge in [0.25, 0.3) is 0 Å². The third-order valence-corrected chi connectivity index (χ3v) is 3.27. The molecule has 1 atom stereocenters. The molecule has 1 unspecified atom stereocenters. The van der Waals surface area contributed by atoms with Gasteiger partial charge in [-0.3, -0.25) is 9.67 Å². The van der Waals surface area contributed by atoms with Crippen molar-refractivity contribution in [1.29, 1.82) is 0 Å². The second kappa shape index (κ2) is 5.68. The van der Waals surface area contributed by atoms with Crippen LogP contribution in [0, 0.1) is 5.82 Å². The van der Waals surface area contributed by atoms with E-state index in [0.29, 0.717) is 30.3 Å². The minimum absolute atomic E-state index is 0.364. The summed E-state index contributed by atoms with van der Waals surface area (Å²) >= 11 is 0. The molecule has 0 radical (unpaired) electrons. The van der Waals surface area contributed by atoms with Gasteiger partial charge in [-0.25, -0.2) is 4.39 Å². The van der Waals surface area contributed by atoms with E-state index in [2.05, 4.69) is 10.1 Å². The molecule has 2 rings (SSSR count). The Hall–Kier alpha value is -1.96. The summed E-state index contributed by atoms with van der Waals surface area (Å²) in [6.07, 6.45) is -1.80. The lowest BCUT2D eigenvalue weighted by Gasteiger charge is -2.25. The van der Waals surface area contributed by atoms with Crippen LogP contribution in [0.25, 0.3) is 11.4 Å². The molecule has 0 aliphatic heterocycles. The number of pyridine rings is 1. The first-order valence-corrected chi connectivity index (χ1v) is 6.61. The predicted octanol–water partition coefficient (Wildman–Crippen LogP) is 2.96. The third-order valence-electron chi connectivity index (χ3n) is 3.27. The van der Waals surface area contributed by atoms with Crippen molar-refractivity contribution in [2.24, 2.45) is 0 Å². The zero-order valence-electron chi connectivity index (χ0n) is 12.0. The van der Waals surface area contributed by atoms with E-state index >= 15 is 0 Å². The van der Waals surface area contributed by atoms with E-state index in [-0.39, 0.29) is 0 Å². The second-order valence-corrected chi connectivity index (χ2v) is 5.19. The molecule has 0 amide bonds. The molecule has 8 heteroatoms. The van der Waals surface area contributed by atoms with Gasteiger partial charge in [-0.1, -0.05) is 6.92 Å². The molecule has 0 aliphatic carbocycles. The molecule has 4 nitrogen and oxygen atoms in total. The Balaban J connectivity index is 2.35. The van der Waals surface area contributed by atoms with Crippen LogP contribution in [-0.2, 0) is 13.0 Å². The Kier molecular flexibility index (Phi) is 4.23. The average molecular weight is 317 g/mol. The topological polar surface area (TPSA) is 50.9 Å². The molecule has 0 bridgehead atoms. The molecule has 22 heavy (non-hydrogen) atoms. The van der Waals surface area contributed by atoms with Crippen molar-refractivity contribution in [1.82, 2.24) is 14.8 Å². The Bertz CT molecular complexity index is 647. The number of halogens is 4. The first kappa shape index (κ1) is 16.4. The van der Waals surface area contributed by atoms with Gasteiger partial charge in [-0.15, -0.1) is 0 Å². The van der Waals surface area contributed by atoms with Gasteiger partial charge >= 0.3 is 6.18 Å². The van der Waals surface area contributed by atoms with Crippen molar-refractivity contribution in [2.75, 3.05) is 0 Å². The highest BCUT2D eigenvalue weighted by atomic mass is 19.4. The van der Waals surface area contributed by atoms with Gasteiger partial charge in [0, 0.05) is 6.20 Å². The van der Waals surface area contributed by atoms with Gasteiger partial charge in [-0.05, 0) is 31.0 Å². The van der Waals surface area contributed by atoms with Gasteiger partial charge in [-0.2, -0.15) is 18.3 Å². The number of alkyl halides is 3. The van der Waals surface area contributed by atoms with E-state index in [1.54, 1.807) is 0 Å². The molecule has 0 spiro atoms. The van der Waals surface area contributed by atoms with Crippen LogP contribution >= 0.6 is 0 Å². The van der Waals surface area contributed by atoms with Gasteiger partial charge in [0.15, 0.2) is 5.60 Å². The molecular formula is C14H15F4N3O. The second-order valence-electron chi connectivity index (χ2n) is 5.19. The van der Waals surface area contributed by atoms with E-state index in [1.165, 1.54) is 18.3 Å². The normalized spacial score (nSPS) is 14.9. The summed E-state index contributed by atoms with van der Waals surface area (Å²) in [5.41, 5.74) is -1.49. The van der Waals surface area contributed by atoms with Crippen LogP contribution in [0.15, 0.2) is 24.5 Å². The lowest BCUT2D eigenvalue weighted by Crippen LogP contribution is -2.45. The molecule has 0 fully saturated rings. The largest absolute Gasteiger partial charge is 0.418 e. The number of rotatable bonds is 4. The Morgan fingerprint density at radius 1 is 1.27 bits per heavy atom. The van der Waals surface area contributed by atoms with E-state index in [4.69, 9.17) is 0 Å². The standard InChI is InChI=1S/C14H15F4N3O/c1-3-9-7-21(8-13(2,22)14(16,17)18)20-12(9)11-5-4-10(15)6-19-11/h4-7,22H,3,8H2,1-2H3. The molecule has 1 N–H and O–H groups in total. The van der Waals surface area contributed by atoms with Crippen molar-refractivity contribution in [3.05, 3.63) is 35.9 Å². The Morgan fingerprint density at radius 2 is 1.95 bits per heavy atom. The maximum absolute atomic E-state index is 12.9. The molecule has 2 heterocycles. The minimum Gasteiger partial charge on any atom is -0.379 e. The quantitative estimate of drug-likeness (QED) is 0.882.